The highest BCUT2D eigenvalue weighted by Gasteiger charge is 2.41. The van der Waals surface area contributed by atoms with Crippen molar-refractivity contribution in [2.45, 2.75) is 50.1 Å². The Bertz CT molecular complexity index is 638. The maximum Gasteiger partial charge on any atom is 0.451 e. The van der Waals surface area contributed by atoms with Gasteiger partial charge in [-0.2, -0.15) is 13.2 Å². The van der Waals surface area contributed by atoms with Gasteiger partial charge in [-0.3, -0.25) is 0 Å². The molecule has 1 unspecified atom stereocenters. The van der Waals surface area contributed by atoms with E-state index < -0.39 is 12.0 Å². The number of hydrogen-bond acceptors (Lipinski definition) is 6. The Hall–Kier alpha value is -1.65. The molecule has 0 bridgehead atoms. The molecule has 4 heterocycles. The molecule has 3 aliphatic heterocycles. The first-order chi connectivity index (χ1) is 12.0. The van der Waals surface area contributed by atoms with Gasteiger partial charge in [-0.15, -0.1) is 15.3 Å². The summed E-state index contributed by atoms with van der Waals surface area (Å²) in [6, 6.07) is 0.0914. The average molecular weight is 358 g/mol. The third-order valence-electron chi connectivity index (χ3n) is 5.06. The van der Waals surface area contributed by atoms with Crippen LogP contribution in [0.3, 0.4) is 0 Å². The summed E-state index contributed by atoms with van der Waals surface area (Å²) in [6.45, 7) is 2.39. The fourth-order valence-electron chi connectivity index (χ4n) is 3.95. The van der Waals surface area contributed by atoms with Crippen molar-refractivity contribution < 1.29 is 18.0 Å². The quantitative estimate of drug-likeness (QED) is 0.847. The molecule has 0 aliphatic carbocycles. The van der Waals surface area contributed by atoms with Crippen molar-refractivity contribution in [1.82, 2.24) is 30.5 Å². The summed E-state index contributed by atoms with van der Waals surface area (Å²) >= 11 is 0. The van der Waals surface area contributed by atoms with Crippen LogP contribution in [-0.4, -0.2) is 51.5 Å². The highest BCUT2D eigenvalue weighted by Crippen LogP contribution is 2.33. The van der Waals surface area contributed by atoms with Crippen molar-refractivity contribution in [3.63, 3.8) is 0 Å². The summed E-state index contributed by atoms with van der Waals surface area (Å²) < 4.78 is 41.0. The Balaban J connectivity index is 1.47. The molecule has 1 fully saturated rings. The molecule has 4 rings (SSSR count). The number of alkyl halides is 3. The highest BCUT2D eigenvalue weighted by atomic mass is 19.4. The third kappa shape index (κ3) is 3.38. The van der Waals surface area contributed by atoms with Gasteiger partial charge >= 0.3 is 6.18 Å². The Kier molecular flexibility index (Phi) is 4.42. The summed E-state index contributed by atoms with van der Waals surface area (Å²) in [5.74, 6) is -0.545. The van der Waals surface area contributed by atoms with E-state index in [4.69, 9.17) is 4.84 Å². The first kappa shape index (κ1) is 16.8. The van der Waals surface area contributed by atoms with Gasteiger partial charge in [0.05, 0.1) is 19.1 Å². The van der Waals surface area contributed by atoms with Crippen molar-refractivity contribution >= 4 is 0 Å². The third-order valence-corrected chi connectivity index (χ3v) is 5.06. The minimum Gasteiger partial charge on any atom is -0.414 e. The number of halogens is 3. The van der Waals surface area contributed by atoms with Crippen LogP contribution in [0.5, 0.6) is 0 Å². The lowest BCUT2D eigenvalue weighted by molar-refractivity contribution is -0.148. The summed E-state index contributed by atoms with van der Waals surface area (Å²) in [6.07, 6.45) is 1.56. The first-order valence-electron chi connectivity index (χ1n) is 8.56. The van der Waals surface area contributed by atoms with Crippen LogP contribution in [0.1, 0.15) is 37.0 Å². The van der Waals surface area contributed by atoms with Gasteiger partial charge in [0, 0.05) is 18.6 Å². The molecule has 0 aromatic carbocycles. The predicted molar refractivity (Wildman–Crippen MR) is 82.1 cm³/mol. The molecule has 3 aliphatic rings. The van der Waals surface area contributed by atoms with E-state index in [1.54, 1.807) is 6.26 Å². The van der Waals surface area contributed by atoms with Crippen LogP contribution >= 0.6 is 0 Å². The maximum atomic E-state index is 13.2. The molecule has 1 aromatic heterocycles. The molecule has 0 radical (unpaired) electrons. The monoisotopic (exact) mass is 358 g/mol. The van der Waals surface area contributed by atoms with Crippen LogP contribution in [0.15, 0.2) is 12.3 Å². The van der Waals surface area contributed by atoms with Crippen molar-refractivity contribution in [2.75, 3.05) is 19.6 Å². The molecule has 3 atom stereocenters. The van der Waals surface area contributed by atoms with Gasteiger partial charge in [0.25, 0.3) is 0 Å². The van der Waals surface area contributed by atoms with Gasteiger partial charge in [0.15, 0.2) is 0 Å². The number of piperidine rings is 1. The summed E-state index contributed by atoms with van der Waals surface area (Å²) in [5, 5.41) is 15.6. The van der Waals surface area contributed by atoms with Crippen LogP contribution in [0, 0.1) is 0 Å². The highest BCUT2D eigenvalue weighted by molar-refractivity contribution is 5.06. The van der Waals surface area contributed by atoms with E-state index in [-0.39, 0.29) is 18.1 Å². The number of nitrogens with one attached hydrogen (secondary N) is 2. The SMILES string of the molecule is FC(F)(F)c1nnc2n1C(C[C@@H]1C[C@@H](N3CC=CO3)CCN1)CNC2. The lowest BCUT2D eigenvalue weighted by Gasteiger charge is -2.37. The fraction of sp³-hybridized carbons (Fsp3) is 0.733. The average Bonchev–Trinajstić information content (AvgIpc) is 3.25. The van der Waals surface area contributed by atoms with Gasteiger partial charge in [-0.25, -0.2) is 0 Å². The van der Waals surface area contributed by atoms with E-state index in [1.165, 1.54) is 4.57 Å². The Morgan fingerprint density at radius 1 is 1.32 bits per heavy atom. The Morgan fingerprint density at radius 2 is 2.20 bits per heavy atom. The van der Waals surface area contributed by atoms with E-state index >= 15 is 0 Å². The molecule has 0 spiro atoms. The molecule has 2 N–H and O–H groups in total. The minimum absolute atomic E-state index is 0.129. The lowest BCUT2D eigenvalue weighted by Crippen LogP contribution is -2.48. The second-order valence-electron chi connectivity index (χ2n) is 6.73. The summed E-state index contributed by atoms with van der Waals surface area (Å²) in [5.41, 5.74) is 0. The van der Waals surface area contributed by atoms with Crippen molar-refractivity contribution in [1.29, 1.82) is 0 Å². The summed E-state index contributed by atoms with van der Waals surface area (Å²) in [7, 11) is 0. The van der Waals surface area contributed by atoms with Gasteiger partial charge in [0.2, 0.25) is 5.82 Å². The standard InChI is InChI=1S/C15H21F3N6O/c16-15(17,18)14-22-21-13-9-19-8-12(24(13)14)7-10-6-11(2-3-20-10)23-4-1-5-25-23/h1,5,10-12,19-20H,2-4,6-9H2/t10-,11-,12?/m0/s1. The molecular weight excluding hydrogens is 337 g/mol. The van der Waals surface area contributed by atoms with Gasteiger partial charge < -0.3 is 20.0 Å². The molecule has 10 heteroatoms. The van der Waals surface area contributed by atoms with E-state index in [0.29, 0.717) is 25.3 Å². The molecule has 25 heavy (non-hydrogen) atoms. The molecule has 0 saturated carbocycles. The van der Waals surface area contributed by atoms with E-state index in [2.05, 4.69) is 20.8 Å². The number of fused-ring (bicyclic) bond motifs is 1. The van der Waals surface area contributed by atoms with Gasteiger partial charge in [-0.1, -0.05) is 0 Å². The zero-order chi connectivity index (χ0) is 17.4. The van der Waals surface area contributed by atoms with Crippen LogP contribution in [0.2, 0.25) is 0 Å². The molecule has 1 aromatic rings. The van der Waals surface area contributed by atoms with Crippen LogP contribution in [0.25, 0.3) is 0 Å². The number of aromatic nitrogens is 3. The zero-order valence-corrected chi connectivity index (χ0v) is 13.7. The van der Waals surface area contributed by atoms with Crippen LogP contribution in [0.4, 0.5) is 13.2 Å². The second-order valence-corrected chi connectivity index (χ2v) is 6.73. The molecule has 138 valence electrons. The number of hydrogen-bond donors (Lipinski definition) is 2. The number of hydroxylamine groups is 2. The topological polar surface area (TPSA) is 67.2 Å². The van der Waals surface area contributed by atoms with Crippen molar-refractivity contribution in [3.05, 3.63) is 24.0 Å². The van der Waals surface area contributed by atoms with E-state index in [9.17, 15) is 13.2 Å². The number of rotatable bonds is 3. The molecule has 1 saturated heterocycles. The smallest absolute Gasteiger partial charge is 0.414 e. The first-order valence-corrected chi connectivity index (χ1v) is 8.56. The van der Waals surface area contributed by atoms with Gasteiger partial charge in [-0.05, 0) is 31.9 Å². The predicted octanol–water partition coefficient (Wildman–Crippen LogP) is 1.21. The second kappa shape index (κ2) is 6.58. The van der Waals surface area contributed by atoms with Crippen LogP contribution < -0.4 is 10.6 Å². The molecular formula is C15H21F3N6O. The van der Waals surface area contributed by atoms with Crippen molar-refractivity contribution in [2.24, 2.45) is 0 Å². The van der Waals surface area contributed by atoms with E-state index in [1.807, 2.05) is 11.1 Å². The maximum absolute atomic E-state index is 13.2. The molecule has 0 amide bonds. The lowest BCUT2D eigenvalue weighted by atomic mass is 9.93. The van der Waals surface area contributed by atoms with Gasteiger partial charge in [0.1, 0.15) is 12.1 Å². The Labute approximate surface area is 143 Å². The van der Waals surface area contributed by atoms with E-state index in [0.717, 1.165) is 25.9 Å². The fourth-order valence-corrected chi connectivity index (χ4v) is 3.95. The van der Waals surface area contributed by atoms with Crippen LogP contribution in [-0.2, 0) is 17.6 Å². The summed E-state index contributed by atoms with van der Waals surface area (Å²) in [4.78, 5) is 5.48. The largest absolute Gasteiger partial charge is 0.451 e. The van der Waals surface area contributed by atoms with Crippen molar-refractivity contribution in [3.8, 4) is 0 Å². The number of nitrogens with zero attached hydrogens (tertiary/aromatic N) is 4. The zero-order valence-electron chi connectivity index (χ0n) is 13.7. The normalized spacial score (nSPS) is 30.3. The molecule has 7 nitrogen and oxygen atoms in total. The Morgan fingerprint density at radius 3 is 2.96 bits per heavy atom. The minimum atomic E-state index is -4.49.